The van der Waals surface area contributed by atoms with E-state index in [1.807, 2.05) is 13.8 Å². The van der Waals surface area contributed by atoms with Gasteiger partial charge >= 0.3 is 17.9 Å². The lowest BCUT2D eigenvalue weighted by Gasteiger charge is -2.17. The zero-order valence-electron chi connectivity index (χ0n) is 11.1. The fourth-order valence-corrected chi connectivity index (χ4v) is 1.13. The summed E-state index contributed by atoms with van der Waals surface area (Å²) in [5.74, 6) is -1.70. The number of esters is 3. The van der Waals surface area contributed by atoms with Gasteiger partial charge in [0.15, 0.2) is 6.61 Å². The molecular formula is C12H20O6. The normalized spacial score (nSPS) is 11.5. The van der Waals surface area contributed by atoms with Gasteiger partial charge in [-0.25, -0.2) is 4.79 Å². The molecule has 18 heavy (non-hydrogen) atoms. The third-order valence-corrected chi connectivity index (χ3v) is 1.90. The van der Waals surface area contributed by atoms with Gasteiger partial charge in [0.2, 0.25) is 6.29 Å². The van der Waals surface area contributed by atoms with E-state index in [0.29, 0.717) is 19.3 Å². The third-order valence-electron chi connectivity index (χ3n) is 1.90. The zero-order chi connectivity index (χ0) is 14.0. The van der Waals surface area contributed by atoms with Crippen LogP contribution in [0.15, 0.2) is 0 Å². The van der Waals surface area contributed by atoms with Gasteiger partial charge in [0.1, 0.15) is 0 Å². The van der Waals surface area contributed by atoms with Crippen LogP contribution < -0.4 is 0 Å². The van der Waals surface area contributed by atoms with Gasteiger partial charge in [-0.05, 0) is 12.8 Å². The molecule has 1 atom stereocenters. The highest BCUT2D eigenvalue weighted by atomic mass is 16.7. The van der Waals surface area contributed by atoms with Crippen LogP contribution in [0.2, 0.25) is 0 Å². The van der Waals surface area contributed by atoms with Crippen LogP contribution in [0.1, 0.15) is 46.5 Å². The maximum Gasteiger partial charge on any atom is 0.347 e. The smallest absolute Gasteiger partial charge is 0.347 e. The second-order valence-electron chi connectivity index (χ2n) is 3.73. The van der Waals surface area contributed by atoms with Crippen LogP contribution in [0.25, 0.3) is 0 Å². The molecule has 0 rings (SSSR count). The monoisotopic (exact) mass is 260 g/mol. The number of ether oxygens (including phenoxy) is 3. The zero-order valence-corrected chi connectivity index (χ0v) is 11.1. The molecule has 6 nitrogen and oxygen atoms in total. The number of hydrogen-bond acceptors (Lipinski definition) is 6. The topological polar surface area (TPSA) is 78.9 Å². The molecule has 0 radical (unpaired) electrons. The molecule has 0 aliphatic carbocycles. The maximum absolute atomic E-state index is 11.3. The molecule has 0 aliphatic heterocycles. The van der Waals surface area contributed by atoms with Crippen LogP contribution in [-0.2, 0) is 28.6 Å². The fraction of sp³-hybridized carbons (Fsp3) is 0.750. The van der Waals surface area contributed by atoms with Crippen molar-refractivity contribution in [2.45, 2.75) is 52.7 Å². The third kappa shape index (κ3) is 8.55. The Balaban J connectivity index is 4.12. The van der Waals surface area contributed by atoms with Gasteiger partial charge in [0, 0.05) is 19.8 Å². The Bertz CT molecular complexity index is 286. The Kier molecular flexibility index (Phi) is 8.61. The molecular weight excluding hydrogens is 240 g/mol. The lowest BCUT2D eigenvalue weighted by atomic mass is 10.3. The molecule has 0 bridgehead atoms. The highest BCUT2D eigenvalue weighted by Crippen LogP contribution is 2.07. The first-order valence-corrected chi connectivity index (χ1v) is 6.01. The van der Waals surface area contributed by atoms with Gasteiger partial charge < -0.3 is 14.2 Å². The van der Waals surface area contributed by atoms with Crippen LogP contribution >= 0.6 is 0 Å². The van der Waals surface area contributed by atoms with E-state index in [4.69, 9.17) is 9.47 Å². The van der Waals surface area contributed by atoms with Crippen molar-refractivity contribution < 1.29 is 28.6 Å². The summed E-state index contributed by atoms with van der Waals surface area (Å²) in [6, 6.07) is 0. The number of carbonyl (C=O) groups is 3. The van der Waals surface area contributed by atoms with E-state index in [2.05, 4.69) is 4.74 Å². The number of carbonyl (C=O) groups excluding carboxylic acids is 3. The van der Waals surface area contributed by atoms with E-state index in [-0.39, 0.29) is 6.42 Å². The van der Waals surface area contributed by atoms with E-state index in [0.717, 1.165) is 0 Å². The van der Waals surface area contributed by atoms with Gasteiger partial charge in [-0.2, -0.15) is 0 Å². The lowest BCUT2D eigenvalue weighted by molar-refractivity contribution is -0.193. The van der Waals surface area contributed by atoms with Crippen LogP contribution in [-0.4, -0.2) is 30.8 Å². The number of hydrogen-bond donors (Lipinski definition) is 0. The molecule has 104 valence electrons. The average molecular weight is 260 g/mol. The van der Waals surface area contributed by atoms with Crippen molar-refractivity contribution in [3.63, 3.8) is 0 Å². The second-order valence-corrected chi connectivity index (χ2v) is 3.73. The van der Waals surface area contributed by atoms with E-state index < -0.39 is 30.8 Å². The molecule has 0 aromatic heterocycles. The Morgan fingerprint density at radius 3 is 2.11 bits per heavy atom. The molecule has 6 heteroatoms. The summed E-state index contributed by atoms with van der Waals surface area (Å²) in [6.45, 7) is 4.45. The molecule has 0 aromatic rings. The van der Waals surface area contributed by atoms with E-state index >= 15 is 0 Å². The minimum absolute atomic E-state index is 0.279. The summed E-state index contributed by atoms with van der Waals surface area (Å²) < 4.78 is 14.4. The highest BCUT2D eigenvalue weighted by Gasteiger charge is 2.18. The quantitative estimate of drug-likeness (QED) is 0.487. The van der Waals surface area contributed by atoms with E-state index in [1.165, 1.54) is 6.92 Å². The van der Waals surface area contributed by atoms with Crippen molar-refractivity contribution in [2.75, 3.05) is 6.61 Å². The van der Waals surface area contributed by atoms with Crippen molar-refractivity contribution in [1.82, 2.24) is 0 Å². The summed E-state index contributed by atoms with van der Waals surface area (Å²) in [5.41, 5.74) is 0. The minimum Gasteiger partial charge on any atom is -0.454 e. The van der Waals surface area contributed by atoms with Crippen molar-refractivity contribution in [2.24, 2.45) is 0 Å². The fourth-order valence-electron chi connectivity index (χ4n) is 1.13. The van der Waals surface area contributed by atoms with Crippen molar-refractivity contribution in [1.29, 1.82) is 0 Å². The van der Waals surface area contributed by atoms with Gasteiger partial charge in [-0.3, -0.25) is 9.59 Å². The van der Waals surface area contributed by atoms with Crippen molar-refractivity contribution in [3.8, 4) is 0 Å². The van der Waals surface area contributed by atoms with Crippen molar-refractivity contribution >= 4 is 17.9 Å². The van der Waals surface area contributed by atoms with Gasteiger partial charge in [-0.1, -0.05) is 13.8 Å². The first kappa shape index (κ1) is 16.4. The standard InChI is InChI=1S/C12H20O6/c1-4-6-10(14)17-12(7-5-2)18-11(15)8-16-9(3)13/h12H,4-8H2,1-3H3. The van der Waals surface area contributed by atoms with Crippen LogP contribution in [0.5, 0.6) is 0 Å². The average Bonchev–Trinajstić information content (AvgIpc) is 2.27. The molecule has 0 amide bonds. The van der Waals surface area contributed by atoms with E-state index in [1.54, 1.807) is 0 Å². The Morgan fingerprint density at radius 1 is 1.00 bits per heavy atom. The van der Waals surface area contributed by atoms with Crippen molar-refractivity contribution in [3.05, 3.63) is 0 Å². The van der Waals surface area contributed by atoms with E-state index in [9.17, 15) is 14.4 Å². The molecule has 0 saturated carbocycles. The van der Waals surface area contributed by atoms with Crippen LogP contribution in [0, 0.1) is 0 Å². The summed E-state index contributed by atoms with van der Waals surface area (Å²) in [7, 11) is 0. The Hall–Kier alpha value is -1.59. The predicted molar refractivity (Wildman–Crippen MR) is 62.4 cm³/mol. The molecule has 0 aliphatic rings. The number of rotatable bonds is 8. The summed E-state index contributed by atoms with van der Waals surface area (Å²) in [4.78, 5) is 33.1. The van der Waals surface area contributed by atoms with Crippen LogP contribution in [0.3, 0.4) is 0 Å². The maximum atomic E-state index is 11.3. The molecule has 0 N–H and O–H groups in total. The summed E-state index contributed by atoms with van der Waals surface area (Å²) >= 11 is 0. The largest absolute Gasteiger partial charge is 0.454 e. The predicted octanol–water partition coefficient (Wildman–Crippen LogP) is 1.56. The summed E-state index contributed by atoms with van der Waals surface area (Å²) in [5, 5.41) is 0. The molecule has 0 fully saturated rings. The Labute approximate surface area is 107 Å². The first-order chi connectivity index (χ1) is 8.49. The van der Waals surface area contributed by atoms with Crippen LogP contribution in [0.4, 0.5) is 0 Å². The van der Waals surface area contributed by atoms with Gasteiger partial charge in [0.25, 0.3) is 0 Å². The second kappa shape index (κ2) is 9.44. The lowest BCUT2D eigenvalue weighted by Crippen LogP contribution is -2.27. The summed E-state index contributed by atoms with van der Waals surface area (Å²) in [6.07, 6.45) is 1.16. The highest BCUT2D eigenvalue weighted by molar-refractivity contribution is 5.75. The molecule has 0 saturated heterocycles. The molecule has 0 spiro atoms. The first-order valence-electron chi connectivity index (χ1n) is 6.01. The minimum atomic E-state index is -0.905. The Morgan fingerprint density at radius 2 is 1.61 bits per heavy atom. The molecule has 0 aromatic carbocycles. The SMILES string of the molecule is CCCC(=O)OC(CCC)OC(=O)COC(C)=O. The molecule has 0 heterocycles. The van der Waals surface area contributed by atoms with Gasteiger partial charge in [-0.15, -0.1) is 0 Å². The molecule has 1 unspecified atom stereocenters. The van der Waals surface area contributed by atoms with Gasteiger partial charge in [0.05, 0.1) is 0 Å².